The number of amides is 1. The zero-order valence-corrected chi connectivity index (χ0v) is 14.5. The van der Waals surface area contributed by atoms with Crippen LogP contribution in [0.5, 0.6) is 0 Å². The fourth-order valence-electron chi connectivity index (χ4n) is 2.83. The molecule has 3 aromatic rings. The molecule has 140 valence electrons. The minimum atomic E-state index is -0.874. The van der Waals surface area contributed by atoms with E-state index in [1.54, 1.807) is 0 Å². The third kappa shape index (κ3) is 4.01. The maximum atomic E-state index is 12.8. The SMILES string of the molecule is O=C(NC(c1ccccc1)c1ccccc1)c1ccc([N+](=O)[O-])c([N+](=O)[O-])c1. The Kier molecular flexibility index (Phi) is 5.40. The maximum absolute atomic E-state index is 12.8. The number of nitrogens with one attached hydrogen (secondary N) is 1. The van der Waals surface area contributed by atoms with Crippen molar-refractivity contribution in [3.63, 3.8) is 0 Å². The quantitative estimate of drug-likeness (QED) is 0.514. The summed E-state index contributed by atoms with van der Waals surface area (Å²) in [4.78, 5) is 33.1. The molecule has 0 bridgehead atoms. The number of nitrogens with zero attached hydrogens (tertiary/aromatic N) is 2. The molecule has 0 fully saturated rings. The second-order valence-electron chi connectivity index (χ2n) is 5.95. The number of nitro groups is 2. The van der Waals surface area contributed by atoms with Crippen LogP contribution in [0, 0.1) is 20.2 Å². The van der Waals surface area contributed by atoms with Gasteiger partial charge in [-0.3, -0.25) is 25.0 Å². The van der Waals surface area contributed by atoms with Gasteiger partial charge in [-0.05, 0) is 17.2 Å². The molecule has 28 heavy (non-hydrogen) atoms. The fraction of sp³-hybridized carbons (Fsp3) is 0.0500. The summed E-state index contributed by atoms with van der Waals surface area (Å²) in [6.07, 6.45) is 0. The van der Waals surface area contributed by atoms with Gasteiger partial charge in [-0.1, -0.05) is 60.7 Å². The van der Waals surface area contributed by atoms with Crippen LogP contribution in [-0.4, -0.2) is 15.8 Å². The lowest BCUT2D eigenvalue weighted by molar-refractivity contribution is -0.422. The van der Waals surface area contributed by atoms with Gasteiger partial charge in [-0.25, -0.2) is 0 Å². The minimum Gasteiger partial charge on any atom is -0.341 e. The third-order valence-electron chi connectivity index (χ3n) is 4.17. The third-order valence-corrected chi connectivity index (χ3v) is 4.17. The standard InChI is InChI=1S/C20H15N3O5/c24-20(16-11-12-17(22(25)26)18(13-16)23(27)28)21-19(14-7-3-1-4-8-14)15-9-5-2-6-10-15/h1-13,19H,(H,21,24). The molecule has 8 nitrogen and oxygen atoms in total. The molecular weight excluding hydrogens is 362 g/mol. The van der Waals surface area contributed by atoms with Crippen molar-refractivity contribution < 1.29 is 14.6 Å². The Bertz CT molecular complexity index is 983. The van der Waals surface area contributed by atoms with Crippen LogP contribution in [0.1, 0.15) is 27.5 Å². The van der Waals surface area contributed by atoms with Crippen molar-refractivity contribution in [3.8, 4) is 0 Å². The van der Waals surface area contributed by atoms with Gasteiger partial charge >= 0.3 is 11.4 Å². The van der Waals surface area contributed by atoms with Gasteiger partial charge in [-0.2, -0.15) is 0 Å². The largest absolute Gasteiger partial charge is 0.346 e. The Balaban J connectivity index is 1.96. The second-order valence-corrected chi connectivity index (χ2v) is 5.95. The Labute approximate surface area is 159 Å². The van der Waals surface area contributed by atoms with Crippen molar-refractivity contribution in [2.45, 2.75) is 6.04 Å². The van der Waals surface area contributed by atoms with Crippen LogP contribution in [0.4, 0.5) is 11.4 Å². The molecule has 0 aliphatic rings. The van der Waals surface area contributed by atoms with Crippen LogP contribution < -0.4 is 5.32 Å². The Morgan fingerprint density at radius 2 is 1.25 bits per heavy atom. The van der Waals surface area contributed by atoms with E-state index in [0.29, 0.717) is 0 Å². The van der Waals surface area contributed by atoms with E-state index in [2.05, 4.69) is 5.32 Å². The minimum absolute atomic E-state index is 0.0332. The molecule has 0 saturated heterocycles. The molecule has 0 spiro atoms. The smallest absolute Gasteiger partial charge is 0.341 e. The molecule has 0 aliphatic carbocycles. The summed E-state index contributed by atoms with van der Waals surface area (Å²) in [6, 6.07) is 21.1. The van der Waals surface area contributed by atoms with E-state index in [9.17, 15) is 25.0 Å². The average Bonchev–Trinajstić information content (AvgIpc) is 2.72. The first-order valence-electron chi connectivity index (χ1n) is 8.31. The van der Waals surface area contributed by atoms with Gasteiger partial charge in [0.05, 0.1) is 15.9 Å². The Morgan fingerprint density at radius 1 is 0.750 bits per heavy atom. The molecule has 1 amide bonds. The molecule has 0 heterocycles. The van der Waals surface area contributed by atoms with Crippen molar-refractivity contribution in [1.29, 1.82) is 0 Å². The topological polar surface area (TPSA) is 115 Å². The summed E-state index contributed by atoms with van der Waals surface area (Å²) >= 11 is 0. The highest BCUT2D eigenvalue weighted by molar-refractivity contribution is 5.95. The van der Waals surface area contributed by atoms with Gasteiger partial charge in [0.1, 0.15) is 0 Å². The summed E-state index contributed by atoms with van der Waals surface area (Å²) in [6.45, 7) is 0. The van der Waals surface area contributed by atoms with Gasteiger partial charge in [0.25, 0.3) is 5.91 Å². The van der Waals surface area contributed by atoms with Gasteiger partial charge in [0, 0.05) is 17.7 Å². The predicted octanol–water partition coefficient (Wildman–Crippen LogP) is 4.02. The molecule has 1 N–H and O–H groups in total. The number of nitro benzene ring substituents is 2. The number of rotatable bonds is 6. The Morgan fingerprint density at radius 3 is 1.71 bits per heavy atom. The zero-order valence-electron chi connectivity index (χ0n) is 14.5. The van der Waals surface area contributed by atoms with Gasteiger partial charge in [0.15, 0.2) is 0 Å². The lowest BCUT2D eigenvalue weighted by Gasteiger charge is -2.20. The molecule has 8 heteroatoms. The lowest BCUT2D eigenvalue weighted by Crippen LogP contribution is -2.29. The van der Waals surface area contributed by atoms with E-state index in [0.717, 1.165) is 23.3 Å². The number of benzene rings is 3. The summed E-state index contributed by atoms with van der Waals surface area (Å²) in [5.41, 5.74) is 0.240. The number of hydrogen-bond donors (Lipinski definition) is 1. The van der Waals surface area contributed by atoms with Gasteiger partial charge < -0.3 is 5.32 Å². The van der Waals surface area contributed by atoms with Crippen molar-refractivity contribution in [2.75, 3.05) is 0 Å². The monoisotopic (exact) mass is 377 g/mol. The highest BCUT2D eigenvalue weighted by Crippen LogP contribution is 2.28. The summed E-state index contributed by atoms with van der Waals surface area (Å²) in [5, 5.41) is 24.9. The van der Waals surface area contributed by atoms with Crippen molar-refractivity contribution in [3.05, 3.63) is 116 Å². The van der Waals surface area contributed by atoms with E-state index < -0.39 is 33.2 Å². The number of carbonyl (C=O) groups is 1. The van der Waals surface area contributed by atoms with Gasteiger partial charge in [0.2, 0.25) is 0 Å². The van der Waals surface area contributed by atoms with Crippen LogP contribution in [0.25, 0.3) is 0 Å². The van der Waals surface area contributed by atoms with Crippen LogP contribution in [0.15, 0.2) is 78.9 Å². The summed E-state index contributed by atoms with van der Waals surface area (Å²) < 4.78 is 0. The molecule has 0 atom stereocenters. The second kappa shape index (κ2) is 8.09. The highest BCUT2D eigenvalue weighted by Gasteiger charge is 2.26. The molecule has 3 aromatic carbocycles. The normalized spacial score (nSPS) is 10.5. The maximum Gasteiger partial charge on any atom is 0.346 e. The highest BCUT2D eigenvalue weighted by atomic mass is 16.6. The van der Waals surface area contributed by atoms with Crippen molar-refractivity contribution in [1.82, 2.24) is 5.32 Å². The van der Waals surface area contributed by atoms with Crippen molar-refractivity contribution >= 4 is 17.3 Å². The number of carbonyl (C=O) groups excluding carboxylic acids is 1. The lowest BCUT2D eigenvalue weighted by atomic mass is 9.98. The average molecular weight is 377 g/mol. The molecule has 0 saturated carbocycles. The fourth-order valence-corrected chi connectivity index (χ4v) is 2.83. The summed E-state index contributed by atoms with van der Waals surface area (Å²) in [5.74, 6) is -0.573. The van der Waals surface area contributed by atoms with Crippen LogP contribution >= 0.6 is 0 Å². The van der Waals surface area contributed by atoms with Crippen LogP contribution in [-0.2, 0) is 0 Å². The van der Waals surface area contributed by atoms with E-state index in [1.165, 1.54) is 6.07 Å². The first-order chi connectivity index (χ1) is 13.5. The molecule has 0 unspecified atom stereocenters. The van der Waals surface area contributed by atoms with Crippen LogP contribution in [0.3, 0.4) is 0 Å². The summed E-state index contributed by atoms with van der Waals surface area (Å²) in [7, 11) is 0. The van der Waals surface area contributed by atoms with Gasteiger partial charge in [-0.15, -0.1) is 0 Å². The molecule has 0 aliphatic heterocycles. The number of hydrogen-bond acceptors (Lipinski definition) is 5. The molecular formula is C20H15N3O5. The zero-order chi connectivity index (χ0) is 20.1. The first-order valence-corrected chi connectivity index (χ1v) is 8.31. The van der Waals surface area contributed by atoms with E-state index in [1.807, 2.05) is 60.7 Å². The van der Waals surface area contributed by atoms with E-state index in [4.69, 9.17) is 0 Å². The molecule has 0 aromatic heterocycles. The molecule has 0 radical (unpaired) electrons. The Hall–Kier alpha value is -4.07. The predicted molar refractivity (Wildman–Crippen MR) is 102 cm³/mol. The molecule has 3 rings (SSSR count). The van der Waals surface area contributed by atoms with Crippen molar-refractivity contribution in [2.24, 2.45) is 0 Å². The first kappa shape index (κ1) is 18.7. The van der Waals surface area contributed by atoms with E-state index >= 15 is 0 Å². The van der Waals surface area contributed by atoms with Crippen LogP contribution in [0.2, 0.25) is 0 Å². The van der Waals surface area contributed by atoms with E-state index in [-0.39, 0.29) is 5.56 Å².